The minimum Gasteiger partial charge on any atom is -0.399 e. The molecular formula is C13H16N4O2S. The number of nitrogens with two attached hydrogens (primary N) is 2. The lowest BCUT2D eigenvalue weighted by Gasteiger charge is -2.20. The van der Waals surface area contributed by atoms with Gasteiger partial charge >= 0.3 is 0 Å². The third-order valence-corrected chi connectivity index (χ3v) is 4.05. The van der Waals surface area contributed by atoms with Gasteiger partial charge in [-0.05, 0) is 38.1 Å². The van der Waals surface area contributed by atoms with E-state index >= 15 is 0 Å². The molecular weight excluding hydrogens is 276 g/mol. The molecule has 20 heavy (non-hydrogen) atoms. The molecule has 1 unspecified atom stereocenters. The molecule has 0 aliphatic carbocycles. The Labute approximate surface area is 119 Å². The standard InChI is InChI=1S/C13H16N4O2S/c1-13(2,20(18)19)10-7-11(15)17-12(16-10)8-3-5-9(14)6-4-8/h3-7H,14H2,1-2H3,(H,18,19)(H2,15,16,17). The van der Waals surface area contributed by atoms with Gasteiger partial charge in [0.1, 0.15) is 10.6 Å². The zero-order valence-electron chi connectivity index (χ0n) is 11.2. The molecule has 0 aliphatic rings. The first-order valence-corrected chi connectivity index (χ1v) is 7.03. The van der Waals surface area contributed by atoms with E-state index in [2.05, 4.69) is 9.97 Å². The molecule has 0 bridgehead atoms. The molecule has 0 amide bonds. The van der Waals surface area contributed by atoms with Crippen LogP contribution in [0.4, 0.5) is 11.5 Å². The van der Waals surface area contributed by atoms with Crippen molar-refractivity contribution >= 4 is 22.6 Å². The third kappa shape index (κ3) is 2.78. The lowest BCUT2D eigenvalue weighted by Crippen LogP contribution is -2.25. The van der Waals surface area contributed by atoms with Crippen molar-refractivity contribution in [2.45, 2.75) is 18.6 Å². The Hall–Kier alpha value is -1.99. The Morgan fingerprint density at radius 1 is 1.15 bits per heavy atom. The molecule has 1 atom stereocenters. The number of hydrogen-bond acceptors (Lipinski definition) is 5. The summed E-state index contributed by atoms with van der Waals surface area (Å²) in [5.74, 6) is 0.652. The topological polar surface area (TPSA) is 115 Å². The molecule has 106 valence electrons. The summed E-state index contributed by atoms with van der Waals surface area (Å²) in [6.07, 6.45) is 0. The van der Waals surface area contributed by atoms with Crippen LogP contribution in [0.15, 0.2) is 30.3 Å². The molecule has 0 aliphatic heterocycles. The highest BCUT2D eigenvalue weighted by atomic mass is 32.2. The molecule has 6 nitrogen and oxygen atoms in total. The van der Waals surface area contributed by atoms with Gasteiger partial charge in [0.25, 0.3) is 0 Å². The summed E-state index contributed by atoms with van der Waals surface area (Å²) in [5, 5.41) is 0. The maximum Gasteiger partial charge on any atom is 0.164 e. The van der Waals surface area contributed by atoms with Crippen molar-refractivity contribution in [3.63, 3.8) is 0 Å². The van der Waals surface area contributed by atoms with E-state index in [0.29, 0.717) is 17.2 Å². The van der Waals surface area contributed by atoms with Gasteiger partial charge in [0.15, 0.2) is 16.9 Å². The molecule has 2 rings (SSSR count). The average molecular weight is 292 g/mol. The van der Waals surface area contributed by atoms with Gasteiger partial charge < -0.3 is 16.0 Å². The monoisotopic (exact) mass is 292 g/mol. The number of nitrogens with zero attached hydrogens (tertiary/aromatic N) is 2. The van der Waals surface area contributed by atoms with Crippen molar-refractivity contribution in [2.24, 2.45) is 0 Å². The predicted molar refractivity (Wildman–Crippen MR) is 80.1 cm³/mol. The van der Waals surface area contributed by atoms with Crippen LogP contribution in [-0.2, 0) is 15.8 Å². The lowest BCUT2D eigenvalue weighted by molar-refractivity contribution is 0.519. The van der Waals surface area contributed by atoms with Crippen molar-refractivity contribution in [3.05, 3.63) is 36.0 Å². The van der Waals surface area contributed by atoms with E-state index < -0.39 is 15.8 Å². The van der Waals surface area contributed by atoms with E-state index in [1.807, 2.05) is 0 Å². The SMILES string of the molecule is CC(C)(c1cc(N)nc(-c2ccc(N)cc2)n1)S(=O)O. The van der Waals surface area contributed by atoms with Crippen molar-refractivity contribution < 1.29 is 8.76 Å². The molecule has 0 spiro atoms. The molecule has 0 radical (unpaired) electrons. The van der Waals surface area contributed by atoms with Gasteiger partial charge in [-0.25, -0.2) is 14.2 Å². The molecule has 7 heteroatoms. The summed E-state index contributed by atoms with van der Waals surface area (Å²) in [6, 6.07) is 8.52. The van der Waals surface area contributed by atoms with Crippen LogP contribution in [-0.4, -0.2) is 18.7 Å². The second kappa shape index (κ2) is 5.18. The quantitative estimate of drug-likeness (QED) is 0.586. The highest BCUT2D eigenvalue weighted by molar-refractivity contribution is 7.80. The Bertz CT molecular complexity index is 656. The normalized spacial score (nSPS) is 13.2. The second-order valence-corrected chi connectivity index (χ2v) is 6.40. The molecule has 2 aromatic rings. The zero-order chi connectivity index (χ0) is 14.9. The van der Waals surface area contributed by atoms with E-state index in [-0.39, 0.29) is 5.82 Å². The highest BCUT2D eigenvalue weighted by Gasteiger charge is 2.30. The number of rotatable bonds is 3. The fourth-order valence-corrected chi connectivity index (χ4v) is 1.91. The second-order valence-electron chi connectivity index (χ2n) is 4.88. The average Bonchev–Trinajstić information content (AvgIpc) is 2.38. The van der Waals surface area contributed by atoms with Crippen LogP contribution >= 0.6 is 0 Å². The Morgan fingerprint density at radius 2 is 1.75 bits per heavy atom. The van der Waals surface area contributed by atoms with Gasteiger partial charge in [0.05, 0.1) is 5.69 Å². The fraction of sp³-hybridized carbons (Fsp3) is 0.231. The van der Waals surface area contributed by atoms with Crippen LogP contribution in [0.2, 0.25) is 0 Å². The van der Waals surface area contributed by atoms with Crippen LogP contribution in [0.3, 0.4) is 0 Å². The molecule has 0 saturated heterocycles. The number of hydrogen-bond donors (Lipinski definition) is 3. The van der Waals surface area contributed by atoms with Gasteiger partial charge in [-0.1, -0.05) is 0 Å². The van der Waals surface area contributed by atoms with Gasteiger partial charge in [-0.2, -0.15) is 0 Å². The molecule has 0 saturated carbocycles. The molecule has 1 heterocycles. The van der Waals surface area contributed by atoms with Crippen molar-refractivity contribution in [1.29, 1.82) is 0 Å². The summed E-state index contributed by atoms with van der Waals surface area (Å²) in [7, 11) is 0. The van der Waals surface area contributed by atoms with E-state index in [9.17, 15) is 8.76 Å². The molecule has 1 aromatic heterocycles. The summed E-state index contributed by atoms with van der Waals surface area (Å²) >= 11 is -2.07. The van der Waals surface area contributed by atoms with Gasteiger partial charge in [0, 0.05) is 17.3 Å². The molecule has 1 aromatic carbocycles. The number of benzene rings is 1. The van der Waals surface area contributed by atoms with Crippen molar-refractivity contribution in [2.75, 3.05) is 11.5 Å². The fourth-order valence-electron chi connectivity index (χ4n) is 1.63. The smallest absolute Gasteiger partial charge is 0.164 e. The van der Waals surface area contributed by atoms with Crippen LogP contribution < -0.4 is 11.5 Å². The Balaban J connectivity index is 2.54. The first kappa shape index (κ1) is 14.4. The minimum atomic E-state index is -2.07. The summed E-state index contributed by atoms with van der Waals surface area (Å²) < 4.78 is 19.8. The lowest BCUT2D eigenvalue weighted by atomic mass is 10.1. The number of nitrogen functional groups attached to an aromatic ring is 2. The van der Waals surface area contributed by atoms with Crippen LogP contribution in [0.25, 0.3) is 11.4 Å². The van der Waals surface area contributed by atoms with Crippen LogP contribution in [0.5, 0.6) is 0 Å². The van der Waals surface area contributed by atoms with Gasteiger partial charge in [-0.15, -0.1) is 0 Å². The van der Waals surface area contributed by atoms with E-state index in [0.717, 1.165) is 5.56 Å². The molecule has 5 N–H and O–H groups in total. The number of anilines is 2. The summed E-state index contributed by atoms with van der Waals surface area (Å²) in [4.78, 5) is 8.49. The third-order valence-electron chi connectivity index (χ3n) is 2.97. The minimum absolute atomic E-state index is 0.250. The Kier molecular flexibility index (Phi) is 3.74. The van der Waals surface area contributed by atoms with E-state index in [1.54, 1.807) is 38.1 Å². The summed E-state index contributed by atoms with van der Waals surface area (Å²) in [5.41, 5.74) is 13.2. The van der Waals surface area contributed by atoms with E-state index in [4.69, 9.17) is 11.5 Å². The van der Waals surface area contributed by atoms with Gasteiger partial charge in [0.2, 0.25) is 0 Å². The highest BCUT2D eigenvalue weighted by Crippen LogP contribution is 2.27. The summed E-state index contributed by atoms with van der Waals surface area (Å²) in [6.45, 7) is 3.25. The maximum atomic E-state index is 11.4. The Morgan fingerprint density at radius 3 is 2.30 bits per heavy atom. The number of aromatic nitrogens is 2. The predicted octanol–water partition coefficient (Wildman–Crippen LogP) is 1.76. The van der Waals surface area contributed by atoms with Crippen LogP contribution in [0.1, 0.15) is 19.5 Å². The molecule has 0 fully saturated rings. The van der Waals surface area contributed by atoms with Crippen molar-refractivity contribution in [1.82, 2.24) is 9.97 Å². The van der Waals surface area contributed by atoms with Crippen LogP contribution in [0, 0.1) is 0 Å². The van der Waals surface area contributed by atoms with E-state index in [1.165, 1.54) is 6.07 Å². The largest absolute Gasteiger partial charge is 0.399 e. The van der Waals surface area contributed by atoms with Crippen molar-refractivity contribution in [3.8, 4) is 11.4 Å². The maximum absolute atomic E-state index is 11.4. The first-order chi connectivity index (χ1) is 9.30. The zero-order valence-corrected chi connectivity index (χ0v) is 12.0. The van der Waals surface area contributed by atoms with Gasteiger partial charge in [-0.3, -0.25) is 0 Å². The first-order valence-electron chi connectivity index (χ1n) is 5.92.